The van der Waals surface area contributed by atoms with Gasteiger partial charge in [-0.15, -0.1) is 11.8 Å². The number of ether oxygens (including phenoxy) is 6. The lowest BCUT2D eigenvalue weighted by Gasteiger charge is -2.34. The monoisotopic (exact) mass is 1940 g/mol. The van der Waals surface area contributed by atoms with Crippen LogP contribution in [0.5, 0.6) is 28.7 Å². The number of unbranched alkanes of at least 4 members (excludes halogenated alkanes) is 2. The van der Waals surface area contributed by atoms with E-state index in [0.29, 0.717) is 95.2 Å². The van der Waals surface area contributed by atoms with Gasteiger partial charge in [-0.05, 0) is 106 Å². The minimum Gasteiger partial charge on any atom is -0.493 e. The number of guanidine groups is 1. The van der Waals surface area contributed by atoms with Crippen molar-refractivity contribution in [3.63, 3.8) is 0 Å². The van der Waals surface area contributed by atoms with Crippen LogP contribution in [0.2, 0.25) is 0 Å². The highest BCUT2D eigenvalue weighted by atomic mass is 32.2. The fraction of sp³-hybridized carbons (Fsp3) is 0.391. The second-order valence-corrected chi connectivity index (χ2v) is 32.9. The van der Waals surface area contributed by atoms with E-state index < -0.39 is 218 Å². The number of cyclic esters (lactones) is 1. The quantitative estimate of drug-likeness (QED) is 0.00608. The Hall–Kier alpha value is -16.5. The lowest BCUT2D eigenvalue weighted by Crippen LogP contribution is -2.59. The maximum absolute atomic E-state index is 14.4. The largest absolute Gasteiger partial charge is 0.493 e. The number of anilines is 4. The molecule has 0 aliphatic carbocycles. The van der Waals surface area contributed by atoms with Crippen LogP contribution in [0.4, 0.5) is 28.7 Å². The molecular weight excluding hydrogens is 1840 g/mol. The van der Waals surface area contributed by atoms with Crippen molar-refractivity contribution in [2.45, 2.75) is 152 Å². The van der Waals surface area contributed by atoms with Gasteiger partial charge in [0, 0.05) is 92.7 Å². The van der Waals surface area contributed by atoms with E-state index in [1.165, 1.54) is 79.9 Å². The number of aromatic nitrogens is 4. The first-order valence-electron chi connectivity index (χ1n) is 42.7. The van der Waals surface area contributed by atoms with E-state index >= 15 is 0 Å². The zero-order valence-corrected chi connectivity index (χ0v) is 75.3. The molecule has 2 aromatic heterocycles. The van der Waals surface area contributed by atoms with Gasteiger partial charge in [-0.2, -0.15) is 4.98 Å². The van der Waals surface area contributed by atoms with Crippen LogP contribution in [0.25, 0.3) is 11.2 Å². The molecule has 1 unspecified atom stereocenters. The predicted molar refractivity (Wildman–Crippen MR) is 487 cm³/mol. The van der Waals surface area contributed by atoms with Crippen molar-refractivity contribution >= 4 is 165 Å². The molecule has 0 saturated carbocycles. The van der Waals surface area contributed by atoms with Crippen LogP contribution in [0.1, 0.15) is 138 Å². The number of rotatable bonds is 49. The molecule has 0 bridgehead atoms. The SMILES string of the molecule is C=C1C[C@H]2C=Nc3cc(OCCCCCOc4cc(N)c(C(=O)N5CC(=C)C[C@H]5C5OC(=O)c6cc(NC(=O)CCN(C(C)=O)C(=O)CSC[C@H](NC(=O)[C@H](CC(=O)O)NC(=O)[C@H](CC(=O)O)NC(=O)[C@H](CCCNC(=N)N)NC(=O)[C@H](CC(=O)O)NC(=O)CC[C@H](NC(=O)c7ccc(NCc8cnc9nc(N)[nH]c(=O)c9n8)cc7)C(=O)O)C(=O)O)ccc6O5)cc4OC)c(OC)cc3C(=O)N2C1. The molecule has 4 aliphatic heterocycles. The first-order chi connectivity index (χ1) is 65.6. The molecule has 2 saturated heterocycles. The van der Waals surface area contributed by atoms with Gasteiger partial charge in [-0.1, -0.05) is 24.3 Å². The van der Waals surface area contributed by atoms with Crippen LogP contribution in [0, 0.1) is 5.41 Å². The number of likely N-dealkylation sites (tertiary alicyclic amines) is 1. The summed E-state index contributed by atoms with van der Waals surface area (Å²) < 4.78 is 35.3. The molecule has 4 aliphatic rings. The summed E-state index contributed by atoms with van der Waals surface area (Å²) in [6, 6.07) is 2.47. The molecule has 50 nitrogen and oxygen atoms in total. The number of esters is 1. The second-order valence-electron chi connectivity index (χ2n) is 31.8. The maximum Gasteiger partial charge on any atom is 0.345 e. The van der Waals surface area contributed by atoms with Crippen molar-refractivity contribution < 1.29 is 135 Å². The van der Waals surface area contributed by atoms with Crippen molar-refractivity contribution in [1.29, 1.82) is 5.41 Å². The molecule has 10 rings (SSSR count). The topological polar surface area (TPSA) is 751 Å². The number of hydrogen-bond acceptors (Lipinski definition) is 33. The number of carboxylic acids is 5. The minimum atomic E-state index is -2.27. The van der Waals surface area contributed by atoms with E-state index in [1.54, 1.807) is 23.2 Å². The number of nitrogen functional groups attached to an aromatic ring is 2. The summed E-state index contributed by atoms with van der Waals surface area (Å²) in [6.45, 7) is 9.46. The molecule has 9 atom stereocenters. The number of methoxy groups -OCH3 is 2. The number of aliphatic carboxylic acids is 5. The van der Waals surface area contributed by atoms with Gasteiger partial charge in [0.25, 0.3) is 29.6 Å². The average Bonchev–Trinajstić information content (AvgIpc) is 1.48. The Morgan fingerprint density at radius 2 is 1.25 bits per heavy atom. The smallest absolute Gasteiger partial charge is 0.345 e. The van der Waals surface area contributed by atoms with Crippen LogP contribution >= 0.6 is 11.8 Å². The molecule has 0 radical (unpaired) electrons. The number of benzene rings is 4. The van der Waals surface area contributed by atoms with E-state index in [4.69, 9.17) is 51.0 Å². The molecule has 0 spiro atoms. The molecule has 734 valence electrons. The average molecular weight is 1940 g/mol. The minimum absolute atomic E-state index is 0.0127. The number of aliphatic imine (C=N–C) groups is 1. The van der Waals surface area contributed by atoms with Crippen molar-refractivity contribution in [3.05, 3.63) is 136 Å². The summed E-state index contributed by atoms with van der Waals surface area (Å²) in [4.78, 5) is 260. The molecule has 11 amide bonds. The molecule has 138 heavy (non-hydrogen) atoms. The third-order valence-electron chi connectivity index (χ3n) is 21.5. The molecule has 4 aromatic carbocycles. The summed E-state index contributed by atoms with van der Waals surface area (Å²) in [5.41, 5.74) is 20.0. The van der Waals surface area contributed by atoms with Crippen LogP contribution in [-0.4, -0.2) is 293 Å². The molecule has 6 aromatic rings. The molecular formula is C87H101N21O29S. The number of nitrogens with two attached hydrogens (primary N) is 3. The van der Waals surface area contributed by atoms with Gasteiger partial charge in [0.15, 0.2) is 40.1 Å². The Kier molecular flexibility index (Phi) is 35.9. The zero-order chi connectivity index (χ0) is 100. The molecule has 2 fully saturated rings. The first kappa shape index (κ1) is 104. The van der Waals surface area contributed by atoms with Gasteiger partial charge >= 0.3 is 35.8 Å². The highest BCUT2D eigenvalue weighted by Gasteiger charge is 2.45. The highest BCUT2D eigenvalue weighted by molar-refractivity contribution is 8.00. The highest BCUT2D eigenvalue weighted by Crippen LogP contribution is 2.41. The summed E-state index contributed by atoms with van der Waals surface area (Å²) in [5, 5.41) is 77.8. The fourth-order valence-corrected chi connectivity index (χ4v) is 15.6. The lowest BCUT2D eigenvalue weighted by molar-refractivity contribution is -0.145. The van der Waals surface area contributed by atoms with Gasteiger partial charge in [0.05, 0.1) is 93.7 Å². The van der Waals surface area contributed by atoms with E-state index in [0.717, 1.165) is 12.5 Å². The lowest BCUT2D eigenvalue weighted by atomic mass is 10.1. The van der Waals surface area contributed by atoms with Gasteiger partial charge in [-0.25, -0.2) is 24.4 Å². The zero-order valence-electron chi connectivity index (χ0n) is 74.5. The van der Waals surface area contributed by atoms with Crippen molar-refractivity contribution in [3.8, 4) is 28.7 Å². The summed E-state index contributed by atoms with van der Waals surface area (Å²) in [7, 11) is 2.89. The maximum atomic E-state index is 14.4. The Labute approximate surface area is 787 Å². The Morgan fingerprint density at radius 3 is 1.88 bits per heavy atom. The Bertz CT molecular complexity index is 5880. The number of nitrogens with zero attached hydrogens (tertiary/aromatic N) is 7. The third-order valence-corrected chi connectivity index (χ3v) is 22.6. The molecule has 6 heterocycles. The number of nitrogens with one attached hydrogen (secondary N) is 11. The Morgan fingerprint density at radius 1 is 0.652 bits per heavy atom. The number of thioether (sulfide) groups is 1. The number of H-pyrrole nitrogens is 1. The normalized spacial score (nSPS) is 15.8. The second kappa shape index (κ2) is 47.9. The number of carbonyl (C=O) groups is 17. The molecule has 22 N–H and O–H groups in total. The summed E-state index contributed by atoms with van der Waals surface area (Å²) >= 11 is 0.535. The number of imide groups is 1. The van der Waals surface area contributed by atoms with Crippen LogP contribution in [0.15, 0.2) is 107 Å². The number of aromatic amines is 1. The number of amides is 11. The van der Waals surface area contributed by atoms with Crippen molar-refractivity contribution in [2.24, 2.45) is 10.7 Å². The van der Waals surface area contributed by atoms with Gasteiger partial charge in [0.1, 0.15) is 53.6 Å². The van der Waals surface area contributed by atoms with Gasteiger partial charge in [0.2, 0.25) is 53.2 Å². The number of carbonyl (C=O) groups excluding carboxylic acids is 12. The number of fused-ring (bicyclic) bond motifs is 4. The van der Waals surface area contributed by atoms with Gasteiger partial charge < -0.3 is 129 Å². The first-order valence-corrected chi connectivity index (χ1v) is 43.8. The Balaban J connectivity index is 0.671. The van der Waals surface area contributed by atoms with E-state index in [2.05, 4.69) is 70.0 Å². The number of hydrogen-bond donors (Lipinski definition) is 19. The fourth-order valence-electron chi connectivity index (χ4n) is 14.7. The molecule has 51 heteroatoms. The van der Waals surface area contributed by atoms with Crippen molar-refractivity contribution in [1.82, 2.24) is 71.9 Å². The van der Waals surface area contributed by atoms with Gasteiger partial charge in [-0.3, -0.25) is 92.2 Å². The van der Waals surface area contributed by atoms with E-state index in [9.17, 15) is 112 Å². The summed E-state index contributed by atoms with van der Waals surface area (Å²) in [6.07, 6.45) is -2.03. The van der Waals surface area contributed by atoms with Crippen LogP contribution in [-0.2, 0) is 73.6 Å². The summed E-state index contributed by atoms with van der Waals surface area (Å²) in [5.74, 6) is -21.7. The van der Waals surface area contributed by atoms with E-state index in [-0.39, 0.29) is 113 Å². The third kappa shape index (κ3) is 28.5. The predicted octanol–water partition coefficient (Wildman–Crippen LogP) is 0.264. The van der Waals surface area contributed by atoms with Crippen molar-refractivity contribution in [2.75, 3.05) is 87.2 Å². The van der Waals surface area contributed by atoms with E-state index in [1.807, 2.05) is 16.0 Å². The van der Waals surface area contributed by atoms with Crippen LogP contribution in [0.3, 0.4) is 0 Å². The number of carboxylic acid groups (broad SMARTS) is 5. The van der Waals surface area contributed by atoms with Crippen LogP contribution < -0.4 is 94.3 Å². The standard InChI is InChI=1S/C87H101N21O29S/c1-41-24-48-36-94-55-30-65(63(133-5)28-50(55)81(126)107(48)37-41)135-23-8-6-7-22-134-64-29-52(88)49(27-62(64)132-4)80(125)108-38-42(2)25-60(108)85-136-61-17-15-46(26-51(61)84(131)137-85)96-67(111)19-21-106(43(3)109)68(112)40-138-39-59(83(129)130)103-78(123)58(33-71(117)118)102-77(122)57(32-70(115)116)101-75(120)53(10-9-20-92-86(89)90)99-76(121)56(31-69(113)114)98-66(110)18-16-54(82(127)128)100-74(119)44-11-13-45(14-12-44)93-34-47-35-95-73-72(97-47)79(124)105-87(91)104-73/h11-15,17,26-30,35-36,48,53-54,56-60,85,93H,1-2,6-10,16,18-25,31-34,37-40,88H2,3-5H3,(H,96,111)(H,98,110)(H,99,121)(H,100,119)(H,101,120)(H,102,122)(H,103,123)(H,113,114)(H,115,116)(H,117,118)(H,127,128)(H,129,130)(H4,89,90,92)(H3,91,95,104,105,124)/t48-,53-,54-,56-,57-,58-,59-,60-,85?/m0/s1.